The van der Waals surface area contributed by atoms with Gasteiger partial charge in [-0.15, -0.1) is 0 Å². The molecule has 4 nitrogen and oxygen atoms in total. The van der Waals surface area contributed by atoms with E-state index in [1.165, 1.54) is 0 Å². The van der Waals surface area contributed by atoms with Gasteiger partial charge in [0.2, 0.25) is 0 Å². The number of benzene rings is 1. The van der Waals surface area contributed by atoms with Crippen molar-refractivity contribution >= 4 is 5.82 Å². The molecule has 2 aromatic rings. The van der Waals surface area contributed by atoms with Crippen molar-refractivity contribution in [2.75, 3.05) is 18.6 Å². The molecule has 104 valence electrons. The highest BCUT2D eigenvalue weighted by atomic mass is 16.5. The van der Waals surface area contributed by atoms with Crippen LogP contribution in [-0.4, -0.2) is 29.8 Å². The molecule has 20 heavy (non-hydrogen) atoms. The third-order valence-corrected chi connectivity index (χ3v) is 3.70. The van der Waals surface area contributed by atoms with Crippen molar-refractivity contribution in [1.82, 2.24) is 4.98 Å². The highest BCUT2D eigenvalue weighted by Gasteiger charge is 2.32. The average molecular weight is 270 g/mol. The lowest BCUT2D eigenvalue weighted by Gasteiger charge is -2.25. The first kappa shape index (κ1) is 12.9. The Morgan fingerprint density at radius 3 is 2.90 bits per heavy atom. The molecule has 0 bridgehead atoms. The van der Waals surface area contributed by atoms with Gasteiger partial charge in [0.1, 0.15) is 11.6 Å². The number of hydrogen-bond acceptors (Lipinski definition) is 4. The van der Waals surface area contributed by atoms with Gasteiger partial charge in [0.15, 0.2) is 0 Å². The molecule has 2 heterocycles. The van der Waals surface area contributed by atoms with Crippen LogP contribution < -0.4 is 9.64 Å². The molecule has 1 aromatic heterocycles. The van der Waals surface area contributed by atoms with Crippen molar-refractivity contribution in [2.24, 2.45) is 0 Å². The lowest BCUT2D eigenvalue weighted by molar-refractivity contribution is 0.194. The molecule has 0 spiro atoms. The SMILES string of the molecule is COc1cccc(C2CC(O)CN2c2ccccn2)c1. The highest BCUT2D eigenvalue weighted by Crippen LogP contribution is 2.36. The number of rotatable bonds is 3. The fraction of sp³-hybridized carbons (Fsp3) is 0.312. The number of pyridine rings is 1. The van der Waals surface area contributed by atoms with Gasteiger partial charge in [-0.1, -0.05) is 18.2 Å². The van der Waals surface area contributed by atoms with E-state index >= 15 is 0 Å². The van der Waals surface area contributed by atoms with Gasteiger partial charge in [-0.3, -0.25) is 0 Å². The summed E-state index contributed by atoms with van der Waals surface area (Å²) in [6.07, 6.45) is 2.17. The van der Waals surface area contributed by atoms with Crippen LogP contribution in [0.4, 0.5) is 5.82 Å². The van der Waals surface area contributed by atoms with Crippen LogP contribution in [-0.2, 0) is 0 Å². The smallest absolute Gasteiger partial charge is 0.129 e. The highest BCUT2D eigenvalue weighted by molar-refractivity contribution is 5.45. The Labute approximate surface area is 118 Å². The first-order valence-corrected chi connectivity index (χ1v) is 6.77. The van der Waals surface area contributed by atoms with Crippen LogP contribution in [0, 0.1) is 0 Å². The van der Waals surface area contributed by atoms with Gasteiger partial charge in [-0.05, 0) is 36.2 Å². The number of hydrogen-bond donors (Lipinski definition) is 1. The third kappa shape index (κ3) is 2.47. The van der Waals surface area contributed by atoms with E-state index in [-0.39, 0.29) is 12.1 Å². The summed E-state index contributed by atoms with van der Waals surface area (Å²) in [6, 6.07) is 14.0. The van der Waals surface area contributed by atoms with E-state index < -0.39 is 0 Å². The van der Waals surface area contributed by atoms with Gasteiger partial charge in [0.25, 0.3) is 0 Å². The molecule has 1 N–H and O–H groups in total. The number of methoxy groups -OCH3 is 1. The second-order valence-corrected chi connectivity index (χ2v) is 5.02. The van der Waals surface area contributed by atoms with E-state index in [0.717, 1.165) is 17.1 Å². The number of nitrogens with zero attached hydrogens (tertiary/aromatic N) is 2. The first-order chi connectivity index (χ1) is 9.78. The lowest BCUT2D eigenvalue weighted by atomic mass is 10.0. The first-order valence-electron chi connectivity index (χ1n) is 6.77. The summed E-state index contributed by atoms with van der Waals surface area (Å²) in [5.41, 5.74) is 1.14. The normalized spacial score (nSPS) is 22.0. The van der Waals surface area contributed by atoms with Crippen molar-refractivity contribution in [2.45, 2.75) is 18.6 Å². The van der Waals surface area contributed by atoms with E-state index in [4.69, 9.17) is 4.74 Å². The summed E-state index contributed by atoms with van der Waals surface area (Å²) in [7, 11) is 1.67. The molecule has 0 saturated carbocycles. The van der Waals surface area contributed by atoms with E-state index in [2.05, 4.69) is 16.0 Å². The van der Waals surface area contributed by atoms with Gasteiger partial charge in [-0.2, -0.15) is 0 Å². The van der Waals surface area contributed by atoms with Gasteiger partial charge in [0.05, 0.1) is 19.3 Å². The molecular formula is C16H18N2O2. The van der Waals surface area contributed by atoms with Crippen molar-refractivity contribution < 1.29 is 9.84 Å². The molecule has 2 unspecified atom stereocenters. The van der Waals surface area contributed by atoms with Crippen LogP contribution in [0.2, 0.25) is 0 Å². The Bertz CT molecular complexity index is 574. The number of aromatic nitrogens is 1. The molecule has 0 amide bonds. The van der Waals surface area contributed by atoms with Gasteiger partial charge in [-0.25, -0.2) is 4.98 Å². The summed E-state index contributed by atoms with van der Waals surface area (Å²) in [5, 5.41) is 10.0. The minimum absolute atomic E-state index is 0.134. The van der Waals surface area contributed by atoms with E-state index in [1.54, 1.807) is 13.3 Å². The topological polar surface area (TPSA) is 45.6 Å². The maximum atomic E-state index is 10.0. The third-order valence-electron chi connectivity index (χ3n) is 3.70. The second kappa shape index (κ2) is 5.51. The number of aliphatic hydroxyl groups excluding tert-OH is 1. The van der Waals surface area contributed by atoms with Gasteiger partial charge < -0.3 is 14.7 Å². The Hall–Kier alpha value is -2.07. The maximum absolute atomic E-state index is 10.0. The quantitative estimate of drug-likeness (QED) is 0.930. The molecule has 0 aliphatic carbocycles. The summed E-state index contributed by atoms with van der Waals surface area (Å²) >= 11 is 0. The molecule has 1 aliphatic heterocycles. The van der Waals surface area contributed by atoms with Crippen LogP contribution >= 0.6 is 0 Å². The molecule has 3 rings (SSSR count). The van der Waals surface area contributed by atoms with E-state index in [0.29, 0.717) is 13.0 Å². The molecule has 1 saturated heterocycles. The van der Waals surface area contributed by atoms with Crippen LogP contribution in [0.5, 0.6) is 5.75 Å². The molecule has 1 aliphatic rings. The number of β-amino-alcohol motifs (C(OH)–C–C–N with tert-alkyl or cyclic N) is 1. The van der Waals surface area contributed by atoms with Crippen LogP contribution in [0.1, 0.15) is 18.0 Å². The van der Waals surface area contributed by atoms with Crippen molar-refractivity contribution in [3.05, 3.63) is 54.2 Å². The van der Waals surface area contributed by atoms with Crippen molar-refractivity contribution in [3.8, 4) is 5.75 Å². The minimum atomic E-state index is -0.326. The molecule has 4 heteroatoms. The van der Waals surface area contributed by atoms with Crippen molar-refractivity contribution in [3.63, 3.8) is 0 Å². The summed E-state index contributed by atoms with van der Waals surface area (Å²) in [4.78, 5) is 6.55. The summed E-state index contributed by atoms with van der Waals surface area (Å²) in [5.74, 6) is 1.74. The zero-order chi connectivity index (χ0) is 13.9. The average Bonchev–Trinajstić information content (AvgIpc) is 2.90. The fourth-order valence-electron chi connectivity index (χ4n) is 2.76. The summed E-state index contributed by atoms with van der Waals surface area (Å²) in [6.45, 7) is 0.610. The van der Waals surface area contributed by atoms with Crippen LogP contribution in [0.15, 0.2) is 48.7 Å². The van der Waals surface area contributed by atoms with Gasteiger partial charge in [0, 0.05) is 12.7 Å². The maximum Gasteiger partial charge on any atom is 0.129 e. The zero-order valence-electron chi connectivity index (χ0n) is 11.4. The van der Waals surface area contributed by atoms with Gasteiger partial charge >= 0.3 is 0 Å². The molecule has 1 fully saturated rings. The zero-order valence-corrected chi connectivity index (χ0v) is 11.4. The Kier molecular flexibility index (Phi) is 3.56. The Balaban J connectivity index is 1.94. The molecule has 1 aromatic carbocycles. The largest absolute Gasteiger partial charge is 0.497 e. The summed E-state index contributed by atoms with van der Waals surface area (Å²) < 4.78 is 5.29. The molecular weight excluding hydrogens is 252 g/mol. The van der Waals surface area contributed by atoms with E-state index in [1.807, 2.05) is 36.4 Å². The van der Waals surface area contributed by atoms with Crippen LogP contribution in [0.25, 0.3) is 0 Å². The predicted molar refractivity (Wildman–Crippen MR) is 77.9 cm³/mol. The Morgan fingerprint density at radius 2 is 2.15 bits per heavy atom. The second-order valence-electron chi connectivity index (χ2n) is 5.02. The van der Waals surface area contributed by atoms with E-state index in [9.17, 15) is 5.11 Å². The van der Waals surface area contributed by atoms with Crippen LogP contribution in [0.3, 0.4) is 0 Å². The number of anilines is 1. The molecule has 0 radical (unpaired) electrons. The number of aliphatic hydroxyl groups is 1. The standard InChI is InChI=1S/C16H18N2O2/c1-20-14-6-4-5-12(9-14)15-10-13(19)11-18(15)16-7-2-3-8-17-16/h2-9,13,15,19H,10-11H2,1H3. The minimum Gasteiger partial charge on any atom is -0.497 e. The lowest BCUT2D eigenvalue weighted by Crippen LogP contribution is -2.25. The number of ether oxygens (including phenoxy) is 1. The molecule has 2 atom stereocenters. The monoisotopic (exact) mass is 270 g/mol. The van der Waals surface area contributed by atoms with Crippen molar-refractivity contribution in [1.29, 1.82) is 0 Å². The Morgan fingerprint density at radius 1 is 1.25 bits per heavy atom. The predicted octanol–water partition coefficient (Wildman–Crippen LogP) is 2.40. The fourth-order valence-corrected chi connectivity index (χ4v) is 2.76.